The smallest absolute Gasteiger partial charge is 0.271 e. The summed E-state index contributed by atoms with van der Waals surface area (Å²) in [4.78, 5) is 12.2. The first-order valence-corrected chi connectivity index (χ1v) is 8.58. The minimum Gasteiger partial charge on any atom is -0.496 e. The highest BCUT2D eigenvalue weighted by Crippen LogP contribution is 2.37. The lowest BCUT2D eigenvalue weighted by molar-refractivity contribution is 0.0954. The largest absolute Gasteiger partial charge is 0.496 e. The van der Waals surface area contributed by atoms with E-state index in [1.54, 1.807) is 37.4 Å². The second kappa shape index (κ2) is 9.27. The third kappa shape index (κ3) is 4.57. The van der Waals surface area contributed by atoms with Gasteiger partial charge in [0.25, 0.3) is 5.91 Å². The van der Waals surface area contributed by atoms with E-state index in [1.165, 1.54) is 27.5 Å². The Kier molecular flexibility index (Phi) is 7.07. The summed E-state index contributed by atoms with van der Waals surface area (Å²) in [6, 6.07) is 8.62. The molecular formula is C18H19IN2O5. The number of carbonyl (C=O) groups excluding carboxylic acids is 1. The van der Waals surface area contributed by atoms with Gasteiger partial charge in [-0.25, -0.2) is 5.43 Å². The van der Waals surface area contributed by atoms with Gasteiger partial charge in [-0.05, 0) is 52.9 Å². The summed E-state index contributed by atoms with van der Waals surface area (Å²) in [6.07, 6.45) is 1.49. The normalized spacial score (nSPS) is 10.5. The molecule has 138 valence electrons. The van der Waals surface area contributed by atoms with Gasteiger partial charge in [0.1, 0.15) is 5.75 Å². The lowest BCUT2D eigenvalue weighted by Crippen LogP contribution is -2.17. The van der Waals surface area contributed by atoms with Crippen LogP contribution in [-0.2, 0) is 0 Å². The Morgan fingerprint density at radius 1 is 0.962 bits per heavy atom. The second-order valence-electron chi connectivity index (χ2n) is 5.01. The first kappa shape index (κ1) is 19.8. The molecule has 2 rings (SSSR count). The van der Waals surface area contributed by atoms with Crippen LogP contribution in [0.4, 0.5) is 0 Å². The van der Waals surface area contributed by atoms with Gasteiger partial charge in [0.2, 0.25) is 5.75 Å². The van der Waals surface area contributed by atoms with E-state index in [4.69, 9.17) is 18.9 Å². The van der Waals surface area contributed by atoms with Crippen molar-refractivity contribution >= 4 is 34.7 Å². The van der Waals surface area contributed by atoms with Crippen LogP contribution >= 0.6 is 22.6 Å². The second-order valence-corrected chi connectivity index (χ2v) is 6.17. The van der Waals surface area contributed by atoms with Crippen LogP contribution in [-0.4, -0.2) is 40.6 Å². The molecule has 26 heavy (non-hydrogen) atoms. The molecule has 8 heteroatoms. The Balaban J connectivity index is 2.16. The number of benzene rings is 2. The first-order valence-electron chi connectivity index (χ1n) is 7.51. The summed E-state index contributed by atoms with van der Waals surface area (Å²) >= 11 is 2.14. The number of halogens is 1. The van der Waals surface area contributed by atoms with Crippen molar-refractivity contribution in [1.29, 1.82) is 0 Å². The molecule has 1 N–H and O–H groups in total. The van der Waals surface area contributed by atoms with E-state index < -0.39 is 0 Å². The van der Waals surface area contributed by atoms with Crippen LogP contribution in [0.2, 0.25) is 0 Å². The fourth-order valence-corrected chi connectivity index (χ4v) is 2.76. The van der Waals surface area contributed by atoms with Crippen molar-refractivity contribution in [3.05, 3.63) is 45.0 Å². The van der Waals surface area contributed by atoms with E-state index in [-0.39, 0.29) is 5.91 Å². The van der Waals surface area contributed by atoms with E-state index in [0.717, 1.165) is 3.57 Å². The number of hydrogen-bond acceptors (Lipinski definition) is 6. The summed E-state index contributed by atoms with van der Waals surface area (Å²) in [5.41, 5.74) is 3.61. The molecule has 0 aliphatic heterocycles. The van der Waals surface area contributed by atoms with Crippen molar-refractivity contribution in [3.8, 4) is 23.0 Å². The third-order valence-electron chi connectivity index (χ3n) is 3.48. The predicted octanol–water partition coefficient (Wildman–Crippen LogP) is 3.09. The van der Waals surface area contributed by atoms with Crippen molar-refractivity contribution in [2.24, 2.45) is 5.10 Å². The van der Waals surface area contributed by atoms with Gasteiger partial charge >= 0.3 is 0 Å². The minimum atomic E-state index is -0.344. The van der Waals surface area contributed by atoms with Gasteiger partial charge in [-0.2, -0.15) is 5.10 Å². The van der Waals surface area contributed by atoms with Crippen molar-refractivity contribution < 1.29 is 23.7 Å². The highest BCUT2D eigenvalue weighted by Gasteiger charge is 2.12. The summed E-state index contributed by atoms with van der Waals surface area (Å²) < 4.78 is 22.0. The lowest BCUT2D eigenvalue weighted by atomic mass is 10.2. The molecular weight excluding hydrogens is 451 g/mol. The molecule has 0 aliphatic rings. The zero-order valence-electron chi connectivity index (χ0n) is 14.8. The Morgan fingerprint density at radius 3 is 2.12 bits per heavy atom. The average molecular weight is 470 g/mol. The van der Waals surface area contributed by atoms with Gasteiger partial charge < -0.3 is 18.9 Å². The Hall–Kier alpha value is -2.49. The monoisotopic (exact) mass is 470 g/mol. The molecule has 0 unspecified atom stereocenters. The summed E-state index contributed by atoms with van der Waals surface area (Å²) in [5, 5.41) is 3.98. The van der Waals surface area contributed by atoms with Crippen LogP contribution in [0.5, 0.6) is 23.0 Å². The fourth-order valence-electron chi connectivity index (χ4n) is 2.21. The number of hydrogen-bond donors (Lipinski definition) is 1. The first-order chi connectivity index (χ1) is 12.5. The van der Waals surface area contributed by atoms with Crippen molar-refractivity contribution in [1.82, 2.24) is 5.43 Å². The zero-order valence-corrected chi connectivity index (χ0v) is 17.0. The molecule has 0 bridgehead atoms. The number of methoxy groups -OCH3 is 4. The topological polar surface area (TPSA) is 78.4 Å². The molecule has 0 radical (unpaired) electrons. The molecule has 0 saturated heterocycles. The number of nitrogens with zero attached hydrogens (tertiary/aromatic N) is 1. The third-order valence-corrected chi connectivity index (χ3v) is 4.37. The highest BCUT2D eigenvalue weighted by atomic mass is 127. The van der Waals surface area contributed by atoms with Gasteiger partial charge in [0.05, 0.1) is 38.2 Å². The maximum atomic E-state index is 12.2. The van der Waals surface area contributed by atoms with Crippen molar-refractivity contribution in [3.63, 3.8) is 0 Å². The van der Waals surface area contributed by atoms with Crippen LogP contribution in [0.1, 0.15) is 15.9 Å². The van der Waals surface area contributed by atoms with Crippen LogP contribution in [0, 0.1) is 3.57 Å². The predicted molar refractivity (Wildman–Crippen MR) is 107 cm³/mol. The van der Waals surface area contributed by atoms with Crippen molar-refractivity contribution in [2.75, 3.05) is 28.4 Å². The molecule has 0 spiro atoms. The minimum absolute atomic E-state index is 0.344. The molecule has 2 aromatic rings. The van der Waals surface area contributed by atoms with Crippen LogP contribution in [0.25, 0.3) is 0 Å². The maximum absolute atomic E-state index is 12.2. The molecule has 0 saturated carbocycles. The number of nitrogens with one attached hydrogen (secondary N) is 1. The number of carbonyl (C=O) groups is 1. The standard InChI is InChI=1S/C18H19IN2O5/c1-23-14-9-12(5-6-13(14)19)18(22)21-20-10-11-7-15(24-2)17(26-4)16(8-11)25-3/h5-10H,1-4H3,(H,21,22)/b20-10-. The molecule has 7 nitrogen and oxygen atoms in total. The quantitative estimate of drug-likeness (QED) is 0.383. The fraction of sp³-hybridized carbons (Fsp3) is 0.222. The van der Waals surface area contributed by atoms with Gasteiger partial charge in [0.15, 0.2) is 11.5 Å². The lowest BCUT2D eigenvalue weighted by Gasteiger charge is -2.12. The van der Waals surface area contributed by atoms with Gasteiger partial charge in [-0.15, -0.1) is 0 Å². The average Bonchev–Trinajstić information content (AvgIpc) is 2.67. The number of amides is 1. The summed E-state index contributed by atoms with van der Waals surface area (Å²) in [6.45, 7) is 0. The molecule has 0 heterocycles. The Labute approximate surface area is 165 Å². The molecule has 0 atom stereocenters. The Bertz CT molecular complexity index is 798. The number of ether oxygens (including phenoxy) is 4. The molecule has 2 aromatic carbocycles. The van der Waals surface area contributed by atoms with E-state index in [1.807, 2.05) is 0 Å². The maximum Gasteiger partial charge on any atom is 0.271 e. The van der Waals surface area contributed by atoms with Gasteiger partial charge in [-0.1, -0.05) is 0 Å². The molecule has 0 aromatic heterocycles. The zero-order chi connectivity index (χ0) is 19.1. The van der Waals surface area contributed by atoms with E-state index in [0.29, 0.717) is 34.1 Å². The molecule has 0 aliphatic carbocycles. The number of hydrazone groups is 1. The van der Waals surface area contributed by atoms with E-state index >= 15 is 0 Å². The van der Waals surface area contributed by atoms with Crippen LogP contribution in [0.3, 0.4) is 0 Å². The van der Waals surface area contributed by atoms with Crippen LogP contribution in [0.15, 0.2) is 35.4 Å². The summed E-state index contributed by atoms with van der Waals surface area (Å²) in [7, 11) is 6.15. The SMILES string of the molecule is COc1cc(C(=O)N/N=C\c2cc(OC)c(OC)c(OC)c2)ccc1I. The number of rotatable bonds is 7. The van der Waals surface area contributed by atoms with E-state index in [2.05, 4.69) is 33.1 Å². The highest BCUT2D eigenvalue weighted by molar-refractivity contribution is 14.1. The molecule has 1 amide bonds. The Morgan fingerprint density at radius 2 is 1.58 bits per heavy atom. The van der Waals surface area contributed by atoms with Crippen molar-refractivity contribution in [2.45, 2.75) is 0 Å². The summed E-state index contributed by atoms with van der Waals surface area (Å²) in [5.74, 6) is 1.78. The van der Waals surface area contributed by atoms with Gasteiger partial charge in [0, 0.05) is 11.1 Å². The van der Waals surface area contributed by atoms with Crippen LogP contribution < -0.4 is 24.4 Å². The molecule has 0 fully saturated rings. The van der Waals surface area contributed by atoms with E-state index in [9.17, 15) is 4.79 Å². The van der Waals surface area contributed by atoms with Gasteiger partial charge in [-0.3, -0.25) is 4.79 Å².